The minimum absolute atomic E-state index is 0.0709. The van der Waals surface area contributed by atoms with Crippen molar-refractivity contribution in [3.8, 4) is 0 Å². The number of halogens is 3. The van der Waals surface area contributed by atoms with Crippen LogP contribution in [0.3, 0.4) is 0 Å². The molecule has 1 aromatic carbocycles. The van der Waals surface area contributed by atoms with E-state index in [-0.39, 0.29) is 17.0 Å². The Bertz CT molecular complexity index is 499. The van der Waals surface area contributed by atoms with E-state index in [1.54, 1.807) is 0 Å². The summed E-state index contributed by atoms with van der Waals surface area (Å²) in [4.78, 5) is 0. The number of rotatable bonds is 8. The van der Waals surface area contributed by atoms with Crippen LogP contribution < -0.4 is 5.73 Å². The van der Waals surface area contributed by atoms with Gasteiger partial charge in [0.1, 0.15) is 0 Å². The fraction of sp³-hybridized carbons (Fsp3) is 0.562. The van der Waals surface area contributed by atoms with Crippen LogP contribution in [0.25, 0.3) is 0 Å². The number of hydrogen-bond acceptors (Lipinski definition) is 2. The Hall–Kier alpha value is -1.72. The van der Waals surface area contributed by atoms with Crippen LogP contribution in [0.5, 0.6) is 0 Å². The van der Waals surface area contributed by atoms with Crippen molar-refractivity contribution in [1.82, 2.24) is 0 Å². The van der Waals surface area contributed by atoms with Gasteiger partial charge in [-0.15, -0.1) is 0 Å². The number of amidine groups is 1. The maximum atomic E-state index is 13.1. The molecule has 3 N–H and O–H groups in total. The molecule has 0 unspecified atom stereocenters. The van der Waals surface area contributed by atoms with E-state index in [1.165, 1.54) is 18.6 Å². The second-order valence-corrected chi connectivity index (χ2v) is 5.37. The minimum atomic E-state index is -4.44. The Kier molecular flexibility index (Phi) is 7.21. The summed E-state index contributed by atoms with van der Waals surface area (Å²) in [7, 11) is 0. The number of nitrogens with zero attached hydrogens (tertiary/aromatic N) is 1. The lowest BCUT2D eigenvalue weighted by molar-refractivity contribution is -0.138. The van der Waals surface area contributed by atoms with Crippen molar-refractivity contribution in [2.45, 2.75) is 58.0 Å². The summed E-state index contributed by atoms with van der Waals surface area (Å²) < 4.78 is 39.4. The molecule has 22 heavy (non-hydrogen) atoms. The van der Waals surface area contributed by atoms with Crippen LogP contribution in [0, 0.1) is 0 Å². The second-order valence-electron chi connectivity index (χ2n) is 5.37. The van der Waals surface area contributed by atoms with Gasteiger partial charge in [-0.05, 0) is 24.5 Å². The highest BCUT2D eigenvalue weighted by molar-refractivity contribution is 5.97. The van der Waals surface area contributed by atoms with Gasteiger partial charge in [0.2, 0.25) is 0 Å². The number of nitrogens with two attached hydrogens (primary N) is 1. The first-order valence-corrected chi connectivity index (χ1v) is 7.58. The van der Waals surface area contributed by atoms with E-state index >= 15 is 0 Å². The smallest absolute Gasteiger partial charge is 0.409 e. The van der Waals surface area contributed by atoms with Gasteiger partial charge in [0.25, 0.3) is 0 Å². The highest BCUT2D eigenvalue weighted by Gasteiger charge is 2.33. The lowest BCUT2D eigenvalue weighted by Crippen LogP contribution is -2.16. The van der Waals surface area contributed by atoms with Crippen molar-refractivity contribution in [3.05, 3.63) is 34.9 Å². The number of aryl methyl sites for hydroxylation is 1. The van der Waals surface area contributed by atoms with Crippen LogP contribution in [0.2, 0.25) is 0 Å². The maximum Gasteiger partial charge on any atom is 0.416 e. The van der Waals surface area contributed by atoms with Gasteiger partial charge in [-0.3, -0.25) is 0 Å². The first-order valence-electron chi connectivity index (χ1n) is 7.58. The standard InChI is InChI=1S/C16H23F3N2O/c1-2-3-4-5-6-7-8-12-9-10-13(15(20)21-22)11-14(12)16(17,18)19/h9-11,22H,2-8H2,1H3,(H2,20,21). The van der Waals surface area contributed by atoms with Crippen LogP contribution in [0.1, 0.15) is 62.1 Å². The lowest BCUT2D eigenvalue weighted by atomic mass is 9.97. The molecule has 0 aliphatic heterocycles. The normalized spacial score (nSPS) is 12.6. The van der Waals surface area contributed by atoms with Crippen LogP contribution >= 0.6 is 0 Å². The zero-order valence-corrected chi connectivity index (χ0v) is 12.8. The van der Waals surface area contributed by atoms with Crippen molar-refractivity contribution < 1.29 is 18.4 Å². The van der Waals surface area contributed by atoms with E-state index in [2.05, 4.69) is 12.1 Å². The van der Waals surface area contributed by atoms with Gasteiger partial charge in [-0.1, -0.05) is 56.3 Å². The molecule has 3 nitrogen and oxygen atoms in total. The van der Waals surface area contributed by atoms with E-state index in [0.717, 1.165) is 38.2 Å². The zero-order valence-electron chi connectivity index (χ0n) is 12.8. The first kappa shape index (κ1) is 18.3. The molecule has 0 fully saturated rings. The average molecular weight is 316 g/mol. The Morgan fingerprint density at radius 1 is 1.14 bits per heavy atom. The highest BCUT2D eigenvalue weighted by atomic mass is 19.4. The van der Waals surface area contributed by atoms with Crippen molar-refractivity contribution in [2.24, 2.45) is 10.9 Å². The van der Waals surface area contributed by atoms with Crippen molar-refractivity contribution in [2.75, 3.05) is 0 Å². The number of oxime groups is 1. The van der Waals surface area contributed by atoms with Crippen LogP contribution in [0.4, 0.5) is 13.2 Å². The first-order chi connectivity index (χ1) is 10.4. The predicted molar refractivity (Wildman–Crippen MR) is 81.0 cm³/mol. The molecule has 1 aromatic rings. The number of benzene rings is 1. The minimum Gasteiger partial charge on any atom is -0.409 e. The quantitative estimate of drug-likeness (QED) is 0.240. The summed E-state index contributed by atoms with van der Waals surface area (Å²) in [5, 5.41) is 11.3. The zero-order chi connectivity index (χ0) is 16.6. The lowest BCUT2D eigenvalue weighted by Gasteiger charge is -2.14. The molecule has 0 bridgehead atoms. The van der Waals surface area contributed by atoms with Crippen molar-refractivity contribution in [1.29, 1.82) is 0 Å². The summed E-state index contributed by atoms with van der Waals surface area (Å²) in [5.74, 6) is -0.323. The predicted octanol–water partition coefficient (Wildman–Crippen LogP) is 4.70. The van der Waals surface area contributed by atoms with Gasteiger partial charge in [0.05, 0.1) is 5.56 Å². The third-order valence-corrected chi connectivity index (χ3v) is 3.62. The Morgan fingerprint density at radius 2 is 1.77 bits per heavy atom. The molecular formula is C16H23F3N2O. The molecular weight excluding hydrogens is 293 g/mol. The fourth-order valence-electron chi connectivity index (χ4n) is 2.37. The third-order valence-electron chi connectivity index (χ3n) is 3.62. The summed E-state index contributed by atoms with van der Waals surface area (Å²) >= 11 is 0. The van der Waals surface area contributed by atoms with Gasteiger partial charge in [0.15, 0.2) is 5.84 Å². The highest BCUT2D eigenvalue weighted by Crippen LogP contribution is 2.33. The van der Waals surface area contributed by atoms with Gasteiger partial charge in [-0.2, -0.15) is 13.2 Å². The van der Waals surface area contributed by atoms with E-state index < -0.39 is 11.7 Å². The molecule has 0 atom stereocenters. The van der Waals surface area contributed by atoms with Crippen LogP contribution in [0.15, 0.2) is 23.4 Å². The number of unbranched alkanes of at least 4 members (excludes halogenated alkanes) is 5. The second kappa shape index (κ2) is 8.66. The summed E-state index contributed by atoms with van der Waals surface area (Å²) in [5.41, 5.74) is 4.99. The van der Waals surface area contributed by atoms with Crippen molar-refractivity contribution in [3.63, 3.8) is 0 Å². The molecule has 0 heterocycles. The average Bonchev–Trinajstić information content (AvgIpc) is 2.49. The Morgan fingerprint density at radius 3 is 2.36 bits per heavy atom. The van der Waals surface area contributed by atoms with Crippen molar-refractivity contribution >= 4 is 5.84 Å². The van der Waals surface area contributed by atoms with Gasteiger partial charge in [0, 0.05) is 5.56 Å². The van der Waals surface area contributed by atoms with E-state index in [4.69, 9.17) is 10.9 Å². The molecule has 0 aromatic heterocycles. The molecule has 0 amide bonds. The largest absolute Gasteiger partial charge is 0.416 e. The maximum absolute atomic E-state index is 13.1. The molecule has 0 aliphatic carbocycles. The summed E-state index contributed by atoms with van der Waals surface area (Å²) in [6.07, 6.45) is 2.11. The SMILES string of the molecule is CCCCCCCCc1ccc(/C(N)=N\O)cc1C(F)(F)F. The third kappa shape index (κ3) is 5.58. The summed E-state index contributed by atoms with van der Waals surface area (Å²) in [6, 6.07) is 3.82. The topological polar surface area (TPSA) is 58.6 Å². The van der Waals surface area contributed by atoms with E-state index in [1.807, 2.05) is 0 Å². The number of alkyl halides is 3. The van der Waals surface area contributed by atoms with Gasteiger partial charge >= 0.3 is 6.18 Å². The Labute approximate surface area is 129 Å². The molecule has 0 radical (unpaired) electrons. The van der Waals surface area contributed by atoms with E-state index in [0.29, 0.717) is 6.42 Å². The molecule has 6 heteroatoms. The van der Waals surface area contributed by atoms with Crippen LogP contribution in [-0.4, -0.2) is 11.0 Å². The molecule has 0 aliphatic rings. The molecule has 124 valence electrons. The van der Waals surface area contributed by atoms with Crippen LogP contribution in [-0.2, 0) is 12.6 Å². The van der Waals surface area contributed by atoms with Gasteiger partial charge in [-0.25, -0.2) is 0 Å². The molecule has 0 spiro atoms. The fourth-order valence-corrected chi connectivity index (χ4v) is 2.37. The summed E-state index contributed by atoms with van der Waals surface area (Å²) in [6.45, 7) is 2.12. The van der Waals surface area contributed by atoms with Gasteiger partial charge < -0.3 is 10.9 Å². The monoisotopic (exact) mass is 316 g/mol. The van der Waals surface area contributed by atoms with E-state index in [9.17, 15) is 13.2 Å². The molecule has 1 rings (SSSR count). The Balaban J connectivity index is 2.77. The molecule has 0 saturated heterocycles. The molecule has 0 saturated carbocycles. The number of hydrogen-bond donors (Lipinski definition) is 2.